The molecule has 0 bridgehead atoms. The minimum atomic E-state index is -3.57. The molecule has 2 fully saturated rings. The lowest BCUT2D eigenvalue weighted by Crippen LogP contribution is -2.64. The van der Waals surface area contributed by atoms with Crippen molar-refractivity contribution in [3.8, 4) is 0 Å². The highest BCUT2D eigenvalue weighted by Gasteiger charge is 2.53. The lowest BCUT2D eigenvalue weighted by molar-refractivity contribution is -0.0960. The molecule has 3 rings (SSSR count). The number of sulfonamides is 1. The van der Waals surface area contributed by atoms with Crippen LogP contribution >= 0.6 is 0 Å². The van der Waals surface area contributed by atoms with E-state index >= 15 is 0 Å². The molecule has 7 nitrogen and oxygen atoms in total. The molecule has 2 aliphatic rings. The maximum absolute atomic E-state index is 12.4. The molecule has 1 aliphatic carbocycles. The fourth-order valence-electron chi connectivity index (χ4n) is 2.81. The van der Waals surface area contributed by atoms with Crippen LogP contribution in [0.1, 0.15) is 23.3 Å². The van der Waals surface area contributed by atoms with Gasteiger partial charge >= 0.3 is 0 Å². The van der Waals surface area contributed by atoms with Gasteiger partial charge in [0, 0.05) is 13.2 Å². The lowest BCUT2D eigenvalue weighted by atomic mass is 9.88. The number of β-amino-alcohol motifs (C(OH)–C–C–N with tert-alkyl or cyclic N) is 1. The van der Waals surface area contributed by atoms with Gasteiger partial charge in [-0.15, -0.1) is 0 Å². The summed E-state index contributed by atoms with van der Waals surface area (Å²) in [6.45, 7) is 0.658. The first-order valence-electron chi connectivity index (χ1n) is 6.88. The Morgan fingerprint density at radius 3 is 2.57 bits per heavy atom. The molecule has 1 saturated carbocycles. The van der Waals surface area contributed by atoms with Crippen LogP contribution < -0.4 is 4.72 Å². The largest absolute Gasteiger partial charge is 0.386 e. The van der Waals surface area contributed by atoms with Gasteiger partial charge in [0.2, 0.25) is 10.0 Å². The third-order valence-corrected chi connectivity index (χ3v) is 5.71. The summed E-state index contributed by atoms with van der Waals surface area (Å²) in [6.07, 6.45) is 3.45. The highest BCUT2D eigenvalue weighted by Crippen LogP contribution is 2.44. The van der Waals surface area contributed by atoms with E-state index in [0.717, 1.165) is 12.8 Å². The Balaban J connectivity index is 1.77. The summed E-state index contributed by atoms with van der Waals surface area (Å²) in [6, 6.07) is 1.36. The number of aryl methyl sites for hydroxylation is 1. The second kappa shape index (κ2) is 4.56. The standard InChI is InChI=1S/C13H19N3O4S/c1-14-21(19,20)10-5-11(15(2)6-10)12(17)16-7-13(18,8-16)9-3-4-9/h5-6,9,14,18H,3-4,7-8H2,1-2H3. The Kier molecular flexibility index (Phi) is 3.16. The normalized spacial score (nSPS) is 21.2. The molecule has 116 valence electrons. The zero-order valence-corrected chi connectivity index (χ0v) is 12.9. The van der Waals surface area contributed by atoms with Crippen molar-refractivity contribution < 1.29 is 18.3 Å². The van der Waals surface area contributed by atoms with Crippen molar-refractivity contribution in [1.29, 1.82) is 0 Å². The molecule has 8 heteroatoms. The number of carbonyl (C=O) groups excluding carboxylic acids is 1. The van der Waals surface area contributed by atoms with Crippen LogP contribution in [0.15, 0.2) is 17.2 Å². The number of amides is 1. The van der Waals surface area contributed by atoms with E-state index in [4.69, 9.17) is 0 Å². The molecule has 1 amide bonds. The molecule has 0 spiro atoms. The Bertz CT molecular complexity index is 684. The maximum Gasteiger partial charge on any atom is 0.270 e. The van der Waals surface area contributed by atoms with Gasteiger partial charge in [-0.25, -0.2) is 13.1 Å². The fraction of sp³-hybridized carbons (Fsp3) is 0.615. The molecule has 1 aromatic rings. The van der Waals surface area contributed by atoms with Crippen molar-refractivity contribution in [3.05, 3.63) is 18.0 Å². The minimum Gasteiger partial charge on any atom is -0.386 e. The number of likely N-dealkylation sites (tertiary alicyclic amines) is 1. The first-order chi connectivity index (χ1) is 9.77. The van der Waals surface area contributed by atoms with Crippen molar-refractivity contribution >= 4 is 15.9 Å². The average Bonchev–Trinajstić information content (AvgIpc) is 3.17. The Labute approximate surface area is 123 Å². The number of aromatic nitrogens is 1. The summed E-state index contributed by atoms with van der Waals surface area (Å²) in [5.74, 6) is 0.0653. The van der Waals surface area contributed by atoms with Gasteiger partial charge in [0.25, 0.3) is 5.91 Å². The highest BCUT2D eigenvalue weighted by atomic mass is 32.2. The SMILES string of the molecule is CNS(=O)(=O)c1cc(C(=O)N2CC(O)(C3CC3)C2)n(C)c1. The average molecular weight is 313 g/mol. The topological polar surface area (TPSA) is 91.6 Å². The molecule has 0 radical (unpaired) electrons. The van der Waals surface area contributed by atoms with Gasteiger partial charge in [-0.3, -0.25) is 4.79 Å². The van der Waals surface area contributed by atoms with Crippen LogP contribution in [-0.2, 0) is 17.1 Å². The Morgan fingerprint density at radius 2 is 2.05 bits per heavy atom. The zero-order chi connectivity index (χ0) is 15.4. The molecule has 2 N–H and O–H groups in total. The van der Waals surface area contributed by atoms with E-state index in [1.54, 1.807) is 11.9 Å². The van der Waals surface area contributed by atoms with Crippen molar-refractivity contribution in [2.24, 2.45) is 13.0 Å². The van der Waals surface area contributed by atoms with Gasteiger partial charge in [0.15, 0.2) is 0 Å². The molecule has 0 aromatic carbocycles. The van der Waals surface area contributed by atoms with Crippen LogP contribution in [0.5, 0.6) is 0 Å². The van der Waals surface area contributed by atoms with E-state index in [1.165, 1.54) is 23.9 Å². The van der Waals surface area contributed by atoms with Gasteiger partial charge in [0.1, 0.15) is 16.2 Å². The van der Waals surface area contributed by atoms with Crippen molar-refractivity contribution in [3.63, 3.8) is 0 Å². The fourth-order valence-corrected chi connectivity index (χ4v) is 3.61. The third-order valence-electron chi connectivity index (χ3n) is 4.33. The first-order valence-corrected chi connectivity index (χ1v) is 8.37. The summed E-state index contributed by atoms with van der Waals surface area (Å²) >= 11 is 0. The Morgan fingerprint density at radius 1 is 1.43 bits per heavy atom. The van der Waals surface area contributed by atoms with E-state index in [9.17, 15) is 18.3 Å². The van der Waals surface area contributed by atoms with Crippen LogP contribution in [0, 0.1) is 5.92 Å². The maximum atomic E-state index is 12.4. The number of hydrogen-bond acceptors (Lipinski definition) is 4. The summed E-state index contributed by atoms with van der Waals surface area (Å²) in [7, 11) is -0.603. The Hall–Kier alpha value is -1.38. The number of carbonyl (C=O) groups is 1. The molecular weight excluding hydrogens is 294 g/mol. The summed E-state index contributed by atoms with van der Waals surface area (Å²) in [4.78, 5) is 14.0. The minimum absolute atomic E-state index is 0.0637. The molecule has 0 atom stereocenters. The predicted octanol–water partition coefficient (Wildman–Crippen LogP) is -0.470. The zero-order valence-electron chi connectivity index (χ0n) is 12.0. The molecule has 2 heterocycles. The van der Waals surface area contributed by atoms with Crippen LogP contribution in [-0.4, -0.2) is 54.6 Å². The monoisotopic (exact) mass is 313 g/mol. The van der Waals surface area contributed by atoms with Crippen LogP contribution in [0.4, 0.5) is 0 Å². The van der Waals surface area contributed by atoms with E-state index in [1.807, 2.05) is 0 Å². The van der Waals surface area contributed by atoms with Crippen LogP contribution in [0.3, 0.4) is 0 Å². The van der Waals surface area contributed by atoms with E-state index in [0.29, 0.717) is 24.7 Å². The molecule has 21 heavy (non-hydrogen) atoms. The van der Waals surface area contributed by atoms with Crippen LogP contribution in [0.2, 0.25) is 0 Å². The molecule has 0 unspecified atom stereocenters. The second-order valence-electron chi connectivity index (χ2n) is 5.92. The number of aliphatic hydroxyl groups is 1. The number of hydrogen-bond donors (Lipinski definition) is 2. The molecule has 1 saturated heterocycles. The summed E-state index contributed by atoms with van der Waals surface area (Å²) in [5, 5.41) is 10.3. The van der Waals surface area contributed by atoms with Crippen molar-refractivity contribution in [1.82, 2.24) is 14.2 Å². The van der Waals surface area contributed by atoms with Gasteiger partial charge < -0.3 is 14.6 Å². The number of nitrogens with one attached hydrogen (secondary N) is 1. The van der Waals surface area contributed by atoms with E-state index in [-0.39, 0.29) is 10.8 Å². The van der Waals surface area contributed by atoms with Gasteiger partial charge in [-0.1, -0.05) is 0 Å². The van der Waals surface area contributed by atoms with Gasteiger partial charge in [-0.05, 0) is 31.9 Å². The highest BCUT2D eigenvalue weighted by molar-refractivity contribution is 7.89. The quantitative estimate of drug-likeness (QED) is 0.786. The third kappa shape index (κ3) is 2.37. The molecular formula is C13H19N3O4S. The predicted molar refractivity (Wildman–Crippen MR) is 75.2 cm³/mol. The lowest BCUT2D eigenvalue weighted by Gasteiger charge is -2.46. The van der Waals surface area contributed by atoms with Crippen molar-refractivity contribution in [2.45, 2.75) is 23.3 Å². The van der Waals surface area contributed by atoms with E-state index < -0.39 is 15.6 Å². The first kappa shape index (κ1) is 14.6. The van der Waals surface area contributed by atoms with Gasteiger partial charge in [-0.2, -0.15) is 0 Å². The van der Waals surface area contributed by atoms with E-state index in [2.05, 4.69) is 4.72 Å². The van der Waals surface area contributed by atoms with Gasteiger partial charge in [0.05, 0.1) is 13.1 Å². The second-order valence-corrected chi connectivity index (χ2v) is 7.81. The number of nitrogens with zero attached hydrogens (tertiary/aromatic N) is 2. The van der Waals surface area contributed by atoms with Crippen LogP contribution in [0.25, 0.3) is 0 Å². The summed E-state index contributed by atoms with van der Waals surface area (Å²) < 4.78 is 27.2. The number of rotatable bonds is 4. The smallest absolute Gasteiger partial charge is 0.270 e. The molecule has 1 aromatic heterocycles. The molecule has 1 aliphatic heterocycles. The van der Waals surface area contributed by atoms with Crippen molar-refractivity contribution in [2.75, 3.05) is 20.1 Å². The summed E-state index contributed by atoms with van der Waals surface area (Å²) in [5.41, 5.74) is -0.428.